The molecule has 1 aliphatic heterocycles. The summed E-state index contributed by atoms with van der Waals surface area (Å²) < 4.78 is 38.1. The summed E-state index contributed by atoms with van der Waals surface area (Å²) in [7, 11) is 0. The normalized spacial score (nSPS) is 23.7. The number of carbonyl (C=O) groups is 1. The van der Waals surface area contributed by atoms with E-state index in [1.54, 1.807) is 6.92 Å². The van der Waals surface area contributed by atoms with E-state index in [9.17, 15) is 23.1 Å². The molecule has 1 N–H and O–H groups in total. The third-order valence-corrected chi connectivity index (χ3v) is 3.55. The first kappa shape index (κ1) is 14.6. The quantitative estimate of drug-likeness (QED) is 0.909. The van der Waals surface area contributed by atoms with Crippen LogP contribution in [0, 0.1) is 5.92 Å². The van der Waals surface area contributed by atoms with E-state index in [-0.39, 0.29) is 11.7 Å². The predicted octanol–water partition coefficient (Wildman–Crippen LogP) is 2.79. The van der Waals surface area contributed by atoms with Crippen LogP contribution in [-0.2, 0) is 11.0 Å². The van der Waals surface area contributed by atoms with Crippen molar-refractivity contribution in [2.45, 2.75) is 32.0 Å². The number of anilines is 1. The summed E-state index contributed by atoms with van der Waals surface area (Å²) in [6.07, 6.45) is -1.91. The zero-order valence-electron chi connectivity index (χ0n) is 10.9. The van der Waals surface area contributed by atoms with Crippen LogP contribution in [0.1, 0.15) is 25.3 Å². The van der Waals surface area contributed by atoms with Crippen molar-refractivity contribution in [3.63, 3.8) is 0 Å². The van der Waals surface area contributed by atoms with Crippen LogP contribution in [0.25, 0.3) is 0 Å². The first-order valence-electron chi connectivity index (χ1n) is 6.33. The zero-order chi connectivity index (χ0) is 14.9. The second-order valence-corrected chi connectivity index (χ2v) is 5.00. The Labute approximate surface area is 114 Å². The van der Waals surface area contributed by atoms with E-state index < -0.39 is 23.8 Å². The third kappa shape index (κ3) is 2.86. The highest BCUT2D eigenvalue weighted by Gasteiger charge is 2.36. The first-order valence-corrected chi connectivity index (χ1v) is 6.33. The highest BCUT2D eigenvalue weighted by molar-refractivity contribution is 5.78. The molecule has 2 rings (SSSR count). The Kier molecular flexibility index (Phi) is 3.87. The summed E-state index contributed by atoms with van der Waals surface area (Å²) in [6.45, 7) is 2.19. The lowest BCUT2D eigenvalue weighted by Gasteiger charge is -2.38. The molecular weight excluding hydrogens is 273 g/mol. The number of halogens is 3. The van der Waals surface area contributed by atoms with Gasteiger partial charge in [0.15, 0.2) is 0 Å². The average Bonchev–Trinajstić information content (AvgIpc) is 2.37. The van der Waals surface area contributed by atoms with Gasteiger partial charge in [0.05, 0.1) is 5.56 Å². The summed E-state index contributed by atoms with van der Waals surface area (Å²) in [4.78, 5) is 16.7. The van der Waals surface area contributed by atoms with Gasteiger partial charge in [-0.15, -0.1) is 0 Å². The number of rotatable bonds is 2. The molecule has 0 saturated carbocycles. The molecule has 2 unspecified atom stereocenters. The van der Waals surface area contributed by atoms with Crippen molar-refractivity contribution in [3.8, 4) is 0 Å². The molecular formula is C13H15F3N2O2. The van der Waals surface area contributed by atoms with Gasteiger partial charge in [-0.1, -0.05) is 6.92 Å². The van der Waals surface area contributed by atoms with Crippen LogP contribution in [0.15, 0.2) is 18.3 Å². The van der Waals surface area contributed by atoms with Gasteiger partial charge < -0.3 is 10.0 Å². The van der Waals surface area contributed by atoms with Gasteiger partial charge in [0.2, 0.25) is 0 Å². The lowest BCUT2D eigenvalue weighted by Crippen LogP contribution is -2.49. The molecule has 20 heavy (non-hydrogen) atoms. The number of hydrogen-bond donors (Lipinski definition) is 1. The van der Waals surface area contributed by atoms with Gasteiger partial charge in [0.1, 0.15) is 11.9 Å². The minimum Gasteiger partial charge on any atom is -0.480 e. The third-order valence-electron chi connectivity index (χ3n) is 3.55. The molecule has 1 aromatic rings. The Hall–Kier alpha value is -1.79. The number of carboxylic acid groups (broad SMARTS) is 1. The number of nitrogens with zero attached hydrogens (tertiary/aromatic N) is 2. The second-order valence-electron chi connectivity index (χ2n) is 5.00. The molecule has 110 valence electrons. The average molecular weight is 288 g/mol. The SMILES string of the molecule is CC1CCCN(c2cc(C(F)(F)F)ccn2)C1C(=O)O. The van der Waals surface area contributed by atoms with Gasteiger partial charge in [-0.2, -0.15) is 13.2 Å². The van der Waals surface area contributed by atoms with Crippen molar-refractivity contribution in [1.29, 1.82) is 0 Å². The molecule has 4 nitrogen and oxygen atoms in total. The molecule has 0 aliphatic carbocycles. The van der Waals surface area contributed by atoms with Crippen molar-refractivity contribution in [1.82, 2.24) is 4.98 Å². The van der Waals surface area contributed by atoms with Gasteiger partial charge in [0.25, 0.3) is 0 Å². The Bertz CT molecular complexity index is 505. The maximum Gasteiger partial charge on any atom is 0.416 e. The van der Waals surface area contributed by atoms with Crippen LogP contribution in [0.5, 0.6) is 0 Å². The largest absolute Gasteiger partial charge is 0.480 e. The summed E-state index contributed by atoms with van der Waals surface area (Å²) in [6, 6.07) is 0.959. The van der Waals surface area contributed by atoms with Gasteiger partial charge in [-0.25, -0.2) is 9.78 Å². The number of carboxylic acids is 1. The maximum atomic E-state index is 12.7. The van der Waals surface area contributed by atoms with E-state index >= 15 is 0 Å². The Morgan fingerprint density at radius 3 is 2.80 bits per heavy atom. The number of piperidine rings is 1. The van der Waals surface area contributed by atoms with Crippen molar-refractivity contribution >= 4 is 11.8 Å². The Balaban J connectivity index is 2.36. The van der Waals surface area contributed by atoms with Gasteiger partial charge in [0, 0.05) is 12.7 Å². The molecule has 0 aromatic carbocycles. The molecule has 2 atom stereocenters. The summed E-state index contributed by atoms with van der Waals surface area (Å²) >= 11 is 0. The number of aromatic nitrogens is 1. The molecule has 1 saturated heterocycles. The van der Waals surface area contributed by atoms with E-state index in [1.165, 1.54) is 4.90 Å². The topological polar surface area (TPSA) is 53.4 Å². The smallest absolute Gasteiger partial charge is 0.416 e. The van der Waals surface area contributed by atoms with Crippen molar-refractivity contribution in [3.05, 3.63) is 23.9 Å². The standard InChI is InChI=1S/C13H15F3N2O2/c1-8-3-2-6-18(11(8)12(19)20)10-7-9(4-5-17-10)13(14,15)16/h4-5,7-8,11H,2-3,6H2,1H3,(H,19,20). The zero-order valence-corrected chi connectivity index (χ0v) is 10.9. The van der Waals surface area contributed by atoms with Crippen LogP contribution >= 0.6 is 0 Å². The van der Waals surface area contributed by atoms with Gasteiger partial charge >= 0.3 is 12.1 Å². The van der Waals surface area contributed by atoms with Crippen LogP contribution in [0.2, 0.25) is 0 Å². The Morgan fingerprint density at radius 2 is 2.20 bits per heavy atom. The molecule has 1 aliphatic rings. The molecule has 1 fully saturated rings. The maximum absolute atomic E-state index is 12.7. The Morgan fingerprint density at radius 1 is 1.50 bits per heavy atom. The monoisotopic (exact) mass is 288 g/mol. The molecule has 1 aromatic heterocycles. The molecule has 7 heteroatoms. The lowest BCUT2D eigenvalue weighted by atomic mass is 9.91. The molecule has 0 bridgehead atoms. The summed E-state index contributed by atoms with van der Waals surface area (Å²) in [5.74, 6) is -1.09. The van der Waals surface area contributed by atoms with E-state index in [4.69, 9.17) is 0 Å². The highest BCUT2D eigenvalue weighted by Crippen LogP contribution is 2.33. The number of alkyl halides is 3. The van der Waals surface area contributed by atoms with E-state index in [1.807, 2.05) is 0 Å². The fraction of sp³-hybridized carbons (Fsp3) is 0.538. The molecule has 0 spiro atoms. The highest BCUT2D eigenvalue weighted by atomic mass is 19.4. The van der Waals surface area contributed by atoms with Crippen LogP contribution < -0.4 is 4.90 Å². The number of aliphatic carboxylic acids is 1. The molecule has 2 heterocycles. The fourth-order valence-corrected chi connectivity index (χ4v) is 2.57. The fourth-order valence-electron chi connectivity index (χ4n) is 2.57. The number of hydrogen-bond acceptors (Lipinski definition) is 3. The molecule has 0 radical (unpaired) electrons. The number of pyridine rings is 1. The van der Waals surface area contributed by atoms with Crippen molar-refractivity contribution < 1.29 is 23.1 Å². The van der Waals surface area contributed by atoms with Crippen molar-refractivity contribution in [2.24, 2.45) is 5.92 Å². The van der Waals surface area contributed by atoms with Crippen LogP contribution in [0.3, 0.4) is 0 Å². The van der Waals surface area contributed by atoms with Crippen molar-refractivity contribution in [2.75, 3.05) is 11.4 Å². The molecule has 0 amide bonds. The van der Waals surface area contributed by atoms with Crippen LogP contribution in [0.4, 0.5) is 19.0 Å². The summed E-state index contributed by atoms with van der Waals surface area (Å²) in [5.41, 5.74) is -0.815. The predicted molar refractivity (Wildman–Crippen MR) is 66.4 cm³/mol. The van der Waals surface area contributed by atoms with Gasteiger partial charge in [-0.05, 0) is 30.9 Å². The minimum atomic E-state index is -4.46. The summed E-state index contributed by atoms with van der Waals surface area (Å²) in [5, 5.41) is 9.28. The van der Waals surface area contributed by atoms with E-state index in [2.05, 4.69) is 4.98 Å². The lowest BCUT2D eigenvalue weighted by molar-refractivity contribution is -0.140. The first-order chi connectivity index (χ1) is 9.30. The second kappa shape index (κ2) is 5.30. The van der Waals surface area contributed by atoms with Crippen LogP contribution in [-0.4, -0.2) is 28.6 Å². The van der Waals surface area contributed by atoms with Gasteiger partial charge in [-0.3, -0.25) is 0 Å². The van der Waals surface area contributed by atoms with E-state index in [0.29, 0.717) is 6.54 Å². The van der Waals surface area contributed by atoms with E-state index in [0.717, 1.165) is 31.2 Å². The minimum absolute atomic E-state index is 0.0683.